The van der Waals surface area contributed by atoms with Crippen molar-refractivity contribution < 1.29 is 23.8 Å². The lowest BCUT2D eigenvalue weighted by Crippen LogP contribution is -2.21. The monoisotopic (exact) mass is 269 g/mol. The zero-order valence-electron chi connectivity index (χ0n) is 10.4. The molecule has 5 nitrogen and oxygen atoms in total. The maximum absolute atomic E-state index is 13.5. The van der Waals surface area contributed by atoms with Crippen molar-refractivity contribution in [1.82, 2.24) is 0 Å². The van der Waals surface area contributed by atoms with E-state index < -0.39 is 17.3 Å². The number of hydrogen-bond donors (Lipinski definition) is 2. The Bertz CT molecular complexity index is 472. The minimum atomic E-state index is -1.35. The molecule has 0 atom stereocenters. The maximum Gasteiger partial charge on any atom is 0.338 e. The molecule has 0 aliphatic carbocycles. The lowest BCUT2D eigenvalue weighted by molar-refractivity contribution is 0.0498. The molecule has 1 heterocycles. The number of carboxylic acid groups (broad SMARTS) is 1. The second kappa shape index (κ2) is 5.88. The van der Waals surface area contributed by atoms with Crippen molar-refractivity contribution >= 4 is 11.7 Å². The molecule has 1 aliphatic rings. The van der Waals surface area contributed by atoms with Gasteiger partial charge in [0.15, 0.2) is 0 Å². The Labute approximate surface area is 110 Å². The van der Waals surface area contributed by atoms with E-state index in [9.17, 15) is 9.18 Å². The smallest absolute Gasteiger partial charge is 0.338 e. The first-order valence-electron chi connectivity index (χ1n) is 6.10. The van der Waals surface area contributed by atoms with Crippen LogP contribution in [0, 0.1) is 11.7 Å². The first kappa shape index (κ1) is 13.6. The molecule has 0 saturated carbocycles. The van der Waals surface area contributed by atoms with Crippen molar-refractivity contribution in [3.05, 3.63) is 23.5 Å². The lowest BCUT2D eigenvalue weighted by atomic mass is 10.0. The molecule has 6 heteroatoms. The molecule has 0 radical (unpaired) electrons. The summed E-state index contributed by atoms with van der Waals surface area (Å²) in [5, 5.41) is 8.76. The Hall–Kier alpha value is -1.82. The molecule has 1 saturated heterocycles. The van der Waals surface area contributed by atoms with Crippen LogP contribution < -0.4 is 10.5 Å². The molecule has 0 aromatic heterocycles. The molecule has 0 unspecified atom stereocenters. The van der Waals surface area contributed by atoms with Gasteiger partial charge in [-0.25, -0.2) is 9.18 Å². The second-order valence-electron chi connectivity index (χ2n) is 4.54. The summed E-state index contributed by atoms with van der Waals surface area (Å²) in [6.07, 6.45) is 1.80. The third-order valence-corrected chi connectivity index (χ3v) is 3.15. The van der Waals surface area contributed by atoms with Gasteiger partial charge in [0.05, 0.1) is 17.9 Å². The molecule has 19 heavy (non-hydrogen) atoms. The summed E-state index contributed by atoms with van der Waals surface area (Å²) in [5.41, 5.74) is 5.35. The fourth-order valence-corrected chi connectivity index (χ4v) is 1.98. The maximum atomic E-state index is 13.5. The first-order valence-corrected chi connectivity index (χ1v) is 6.10. The van der Waals surface area contributed by atoms with Crippen LogP contribution in [0.3, 0.4) is 0 Å². The highest BCUT2D eigenvalue weighted by atomic mass is 19.1. The number of aromatic carboxylic acids is 1. The molecule has 0 amide bonds. The molecule has 104 valence electrons. The fourth-order valence-electron chi connectivity index (χ4n) is 1.98. The highest BCUT2D eigenvalue weighted by Crippen LogP contribution is 2.27. The van der Waals surface area contributed by atoms with E-state index in [1.165, 1.54) is 0 Å². The average molecular weight is 269 g/mol. The van der Waals surface area contributed by atoms with Gasteiger partial charge in [-0.3, -0.25) is 0 Å². The minimum Gasteiger partial charge on any atom is -0.491 e. The van der Waals surface area contributed by atoms with Gasteiger partial charge in [0.2, 0.25) is 0 Å². The summed E-state index contributed by atoms with van der Waals surface area (Å²) in [6, 6.07) is 2.11. The predicted molar refractivity (Wildman–Crippen MR) is 66.8 cm³/mol. The number of anilines is 1. The zero-order chi connectivity index (χ0) is 13.8. The van der Waals surface area contributed by atoms with Gasteiger partial charge >= 0.3 is 5.97 Å². The van der Waals surface area contributed by atoms with E-state index in [0.29, 0.717) is 25.7 Å². The SMILES string of the molecule is Nc1cc(C(=O)O)c(F)cc1OCC1CCOCC1. The number of hydrogen-bond acceptors (Lipinski definition) is 4. The number of benzene rings is 1. The second-order valence-corrected chi connectivity index (χ2v) is 4.54. The van der Waals surface area contributed by atoms with E-state index in [4.69, 9.17) is 20.3 Å². The number of halogens is 1. The van der Waals surface area contributed by atoms with Crippen LogP contribution in [-0.4, -0.2) is 30.9 Å². The van der Waals surface area contributed by atoms with E-state index in [-0.39, 0.29) is 11.4 Å². The van der Waals surface area contributed by atoms with Gasteiger partial charge in [0.25, 0.3) is 0 Å². The molecule has 1 aromatic carbocycles. The van der Waals surface area contributed by atoms with E-state index >= 15 is 0 Å². The van der Waals surface area contributed by atoms with Crippen molar-refractivity contribution in [2.45, 2.75) is 12.8 Å². The number of nitrogen functional groups attached to an aromatic ring is 1. The molecule has 0 spiro atoms. The fraction of sp³-hybridized carbons (Fsp3) is 0.462. The quantitative estimate of drug-likeness (QED) is 0.816. The predicted octanol–water partition coefficient (Wildman–Crippen LogP) is 1.91. The topological polar surface area (TPSA) is 81.8 Å². The minimum absolute atomic E-state index is 0.130. The van der Waals surface area contributed by atoms with Gasteiger partial charge in [-0.2, -0.15) is 0 Å². The number of ether oxygens (including phenoxy) is 2. The van der Waals surface area contributed by atoms with Gasteiger partial charge in [0.1, 0.15) is 11.6 Å². The summed E-state index contributed by atoms with van der Waals surface area (Å²) < 4.78 is 24.2. The summed E-state index contributed by atoms with van der Waals surface area (Å²) in [5.74, 6) is -1.65. The van der Waals surface area contributed by atoms with Gasteiger partial charge < -0.3 is 20.3 Å². The average Bonchev–Trinajstić information content (AvgIpc) is 2.40. The van der Waals surface area contributed by atoms with E-state index in [0.717, 1.165) is 25.0 Å². The van der Waals surface area contributed by atoms with E-state index in [1.807, 2.05) is 0 Å². The van der Waals surface area contributed by atoms with Crippen LogP contribution in [0.5, 0.6) is 5.75 Å². The van der Waals surface area contributed by atoms with Crippen LogP contribution in [0.15, 0.2) is 12.1 Å². The van der Waals surface area contributed by atoms with Gasteiger partial charge in [-0.05, 0) is 24.8 Å². The third-order valence-electron chi connectivity index (χ3n) is 3.15. The summed E-state index contributed by atoms with van der Waals surface area (Å²) in [7, 11) is 0. The normalized spacial score (nSPS) is 16.3. The Morgan fingerprint density at radius 2 is 2.16 bits per heavy atom. The first-order chi connectivity index (χ1) is 9.08. The number of rotatable bonds is 4. The van der Waals surface area contributed by atoms with Gasteiger partial charge in [0, 0.05) is 19.3 Å². The van der Waals surface area contributed by atoms with Crippen molar-refractivity contribution in [2.24, 2.45) is 5.92 Å². The van der Waals surface area contributed by atoms with E-state index in [2.05, 4.69) is 0 Å². The van der Waals surface area contributed by atoms with Crippen molar-refractivity contribution in [3.8, 4) is 5.75 Å². The van der Waals surface area contributed by atoms with Crippen molar-refractivity contribution in [3.63, 3.8) is 0 Å². The summed E-state index contributed by atoms with van der Waals surface area (Å²) in [4.78, 5) is 10.7. The third kappa shape index (κ3) is 3.35. The standard InChI is InChI=1S/C13H16FNO4/c14-10-6-12(11(15)5-9(10)13(16)17)19-7-8-1-3-18-4-2-8/h5-6,8H,1-4,7,15H2,(H,16,17). The lowest BCUT2D eigenvalue weighted by Gasteiger charge is -2.22. The Kier molecular flexibility index (Phi) is 4.21. The zero-order valence-corrected chi connectivity index (χ0v) is 10.4. The van der Waals surface area contributed by atoms with Gasteiger partial charge in [-0.15, -0.1) is 0 Å². The highest BCUT2D eigenvalue weighted by Gasteiger charge is 2.17. The van der Waals surface area contributed by atoms with Crippen LogP contribution in [0.25, 0.3) is 0 Å². The number of nitrogens with two attached hydrogens (primary N) is 1. The Morgan fingerprint density at radius 1 is 1.47 bits per heavy atom. The Morgan fingerprint density at radius 3 is 2.79 bits per heavy atom. The van der Waals surface area contributed by atoms with Crippen molar-refractivity contribution in [2.75, 3.05) is 25.6 Å². The molecular weight excluding hydrogens is 253 g/mol. The number of carboxylic acids is 1. The Balaban J connectivity index is 2.04. The molecule has 1 fully saturated rings. The van der Waals surface area contributed by atoms with Crippen LogP contribution >= 0.6 is 0 Å². The summed E-state index contributed by atoms with van der Waals surface area (Å²) >= 11 is 0. The van der Waals surface area contributed by atoms with Crippen LogP contribution in [0.1, 0.15) is 23.2 Å². The van der Waals surface area contributed by atoms with E-state index in [1.54, 1.807) is 0 Å². The highest BCUT2D eigenvalue weighted by molar-refractivity contribution is 5.89. The number of carbonyl (C=O) groups is 1. The molecule has 1 aliphatic heterocycles. The molecule has 0 bridgehead atoms. The van der Waals surface area contributed by atoms with Crippen LogP contribution in [-0.2, 0) is 4.74 Å². The van der Waals surface area contributed by atoms with Gasteiger partial charge in [-0.1, -0.05) is 0 Å². The largest absolute Gasteiger partial charge is 0.491 e. The molecular formula is C13H16FNO4. The van der Waals surface area contributed by atoms with Crippen molar-refractivity contribution in [1.29, 1.82) is 0 Å². The molecule has 2 rings (SSSR count). The van der Waals surface area contributed by atoms with Crippen LogP contribution in [0.2, 0.25) is 0 Å². The summed E-state index contributed by atoms with van der Waals surface area (Å²) in [6.45, 7) is 1.84. The molecule has 3 N–H and O–H groups in total. The van der Waals surface area contributed by atoms with Crippen LogP contribution in [0.4, 0.5) is 10.1 Å². The molecule has 1 aromatic rings.